The molecule has 2 aliphatic carbocycles. The first-order valence-electron chi connectivity index (χ1n) is 22.4. The molecule has 2 aliphatic heterocycles. The maximum atomic E-state index is 12.7. The van der Waals surface area contributed by atoms with Crippen molar-refractivity contribution < 1.29 is 47.5 Å². The minimum atomic E-state index is -0.380. The van der Waals surface area contributed by atoms with Gasteiger partial charge in [0, 0.05) is 51.4 Å². The largest absolute Gasteiger partial charge is 0.493 e. The molecule has 2 aromatic carbocycles. The molecule has 14 heteroatoms. The third-order valence-corrected chi connectivity index (χ3v) is 12.7. The van der Waals surface area contributed by atoms with Crippen molar-refractivity contribution in [3.05, 3.63) is 47.5 Å². The molecule has 3 unspecified atom stereocenters. The molecule has 2 heterocycles. The predicted octanol–water partition coefficient (Wildman–Crippen LogP) is 6.54. The Hall–Kier alpha value is -3.98. The van der Waals surface area contributed by atoms with E-state index >= 15 is 0 Å². The predicted molar refractivity (Wildman–Crippen MR) is 229 cm³/mol. The van der Waals surface area contributed by atoms with Gasteiger partial charge in [0.2, 0.25) is 0 Å². The van der Waals surface area contributed by atoms with Crippen LogP contribution in [0.15, 0.2) is 36.4 Å². The van der Waals surface area contributed by atoms with Crippen LogP contribution in [0.5, 0.6) is 23.0 Å². The number of unbranched alkanes of at least 4 members (excludes halogenated alkanes) is 1. The maximum absolute atomic E-state index is 12.7. The van der Waals surface area contributed by atoms with Crippen molar-refractivity contribution in [3.8, 4) is 23.0 Å². The third kappa shape index (κ3) is 13.3. The van der Waals surface area contributed by atoms with Crippen molar-refractivity contribution in [2.75, 3.05) is 80.9 Å². The minimum Gasteiger partial charge on any atom is -0.493 e. The number of benzene rings is 2. The average Bonchev–Trinajstić information content (AvgIpc) is 3.94. The number of carbonyl (C=O) groups excluding carboxylic acids is 2. The van der Waals surface area contributed by atoms with Gasteiger partial charge in [-0.15, -0.1) is 0 Å². The number of methoxy groups -OCH3 is 4. The average molecular weight is 839 g/mol. The van der Waals surface area contributed by atoms with Crippen molar-refractivity contribution in [3.63, 3.8) is 0 Å². The van der Waals surface area contributed by atoms with Gasteiger partial charge in [-0.1, -0.05) is 37.8 Å². The summed E-state index contributed by atoms with van der Waals surface area (Å²) in [6, 6.07) is 12.7. The summed E-state index contributed by atoms with van der Waals surface area (Å²) in [5.41, 5.74) is 2.31. The summed E-state index contributed by atoms with van der Waals surface area (Å²) in [6.45, 7) is 5.52. The Morgan fingerprint density at radius 3 is 1.40 bits per heavy atom. The number of carbonyl (C=O) groups is 2. The van der Waals surface area contributed by atoms with Crippen molar-refractivity contribution in [1.82, 2.24) is 20.4 Å². The van der Waals surface area contributed by atoms with Crippen molar-refractivity contribution >= 4 is 12.2 Å². The Bertz CT molecular complexity index is 1510. The molecule has 2 N–H and O–H groups in total. The molecule has 4 aliphatic rings. The van der Waals surface area contributed by atoms with Crippen LogP contribution in [-0.4, -0.2) is 139 Å². The van der Waals surface area contributed by atoms with E-state index in [-0.39, 0.29) is 36.6 Å². The number of rotatable bonds is 21. The topological polar surface area (TPSA) is 139 Å². The molecule has 6 atom stereocenters. The Balaban J connectivity index is 0.807. The van der Waals surface area contributed by atoms with Crippen LogP contribution in [0.3, 0.4) is 0 Å². The van der Waals surface area contributed by atoms with E-state index in [2.05, 4.69) is 32.6 Å². The van der Waals surface area contributed by atoms with Crippen LogP contribution < -0.4 is 29.6 Å². The zero-order chi connectivity index (χ0) is 42.1. The molecule has 2 saturated heterocycles. The lowest BCUT2D eigenvalue weighted by Gasteiger charge is -2.37. The quantitative estimate of drug-likeness (QED) is 0.132. The van der Waals surface area contributed by atoms with Gasteiger partial charge in [-0.3, -0.25) is 9.80 Å². The van der Waals surface area contributed by atoms with Gasteiger partial charge in [0.25, 0.3) is 0 Å². The highest BCUT2D eigenvalue weighted by Gasteiger charge is 2.38. The second-order valence-corrected chi connectivity index (χ2v) is 16.6. The van der Waals surface area contributed by atoms with Crippen LogP contribution >= 0.6 is 0 Å². The molecule has 2 amide bonds. The Morgan fingerprint density at radius 1 is 0.567 bits per heavy atom. The normalized spacial score (nSPS) is 24.7. The van der Waals surface area contributed by atoms with Crippen molar-refractivity contribution in [2.24, 2.45) is 0 Å². The van der Waals surface area contributed by atoms with Gasteiger partial charge < -0.3 is 48.5 Å². The van der Waals surface area contributed by atoms with Gasteiger partial charge in [0.05, 0.1) is 53.9 Å². The lowest BCUT2D eigenvalue weighted by atomic mass is 9.91. The van der Waals surface area contributed by atoms with E-state index in [0.29, 0.717) is 38.4 Å². The molecule has 0 spiro atoms. The molecule has 14 nitrogen and oxygen atoms in total. The number of nitrogens with zero attached hydrogens (tertiary/aromatic N) is 2. The lowest BCUT2D eigenvalue weighted by molar-refractivity contribution is -0.0321. The number of alkyl carbamates (subject to hydrolysis) is 2. The monoisotopic (exact) mass is 839 g/mol. The molecule has 2 saturated carbocycles. The standard InChI is InChI=1S/C46H70N4O10/c1-53-41-17-15-33(29-43(41)55-3)21-27-57-39-13-7-5-11-37(39)49-25-19-35(31-49)59-45(51)47-23-9-10-24-48-46(52)60-36-20-26-50(32-36)38-12-6-8-14-40(38)58-28-22-34-16-18-42(54-2)44(30-34)56-4/h15-18,29-30,35-40H,5-14,19-28,31-32H2,1-4H3,(H,47,51)(H,48,52)/t35?,36?,37-,38?,39-,40-/m1/s1. The number of ether oxygens (including phenoxy) is 8. The van der Waals surface area contributed by atoms with E-state index in [1.165, 1.54) is 25.7 Å². The molecule has 6 rings (SSSR count). The second kappa shape index (κ2) is 23.9. The van der Waals surface area contributed by atoms with Crippen LogP contribution in [0.4, 0.5) is 9.59 Å². The number of likely N-dealkylation sites (tertiary alicyclic amines) is 2. The SMILES string of the molecule is COc1ccc(CCO[C@@H]2CCCCC2N2CCC(OC(=O)NCCCCNC(=O)OC3CCN([C@@H]4CCCC[C@H]4OCCc4ccc(OC)c(OC)c4)C3)C2)cc1OC. The highest BCUT2D eigenvalue weighted by atomic mass is 16.6. The summed E-state index contributed by atoms with van der Waals surface area (Å²) in [5.74, 6) is 2.91. The van der Waals surface area contributed by atoms with Gasteiger partial charge in [0.15, 0.2) is 23.0 Å². The molecule has 4 fully saturated rings. The maximum Gasteiger partial charge on any atom is 0.407 e. The number of hydrogen-bond donors (Lipinski definition) is 2. The first kappa shape index (κ1) is 45.5. The minimum absolute atomic E-state index is 0.131. The molecule has 0 bridgehead atoms. The Kier molecular flexibility index (Phi) is 18.1. The number of nitrogens with one attached hydrogen (secondary N) is 2. The molecule has 2 aromatic rings. The summed E-state index contributed by atoms with van der Waals surface area (Å²) in [7, 11) is 6.59. The highest BCUT2D eigenvalue weighted by molar-refractivity contribution is 5.67. The van der Waals surface area contributed by atoms with E-state index in [9.17, 15) is 9.59 Å². The van der Waals surface area contributed by atoms with Gasteiger partial charge in [-0.2, -0.15) is 0 Å². The third-order valence-electron chi connectivity index (χ3n) is 12.7. The Labute approximate surface area is 357 Å². The number of hydrogen-bond acceptors (Lipinski definition) is 12. The number of amides is 2. The smallest absolute Gasteiger partial charge is 0.407 e. The molecule has 0 aromatic heterocycles. The van der Waals surface area contributed by atoms with Crippen LogP contribution in [0.2, 0.25) is 0 Å². The summed E-state index contributed by atoms with van der Waals surface area (Å²) in [4.78, 5) is 30.2. The van der Waals surface area contributed by atoms with Gasteiger partial charge in [-0.05, 0) is 99.6 Å². The van der Waals surface area contributed by atoms with E-state index in [4.69, 9.17) is 37.9 Å². The van der Waals surface area contributed by atoms with Crippen LogP contribution in [0, 0.1) is 0 Å². The zero-order valence-corrected chi connectivity index (χ0v) is 36.5. The first-order chi connectivity index (χ1) is 29.4. The summed E-state index contributed by atoms with van der Waals surface area (Å²) < 4.78 is 46.2. The summed E-state index contributed by atoms with van der Waals surface area (Å²) in [5, 5.41) is 5.79. The lowest BCUT2D eigenvalue weighted by Crippen LogP contribution is -2.46. The Morgan fingerprint density at radius 2 is 0.983 bits per heavy atom. The molecular formula is C46H70N4O10. The second-order valence-electron chi connectivity index (χ2n) is 16.6. The molecular weight excluding hydrogens is 769 g/mol. The molecule has 0 radical (unpaired) electrons. The van der Waals surface area contributed by atoms with E-state index < -0.39 is 0 Å². The summed E-state index contributed by atoms with van der Waals surface area (Å²) in [6.07, 6.45) is 13.1. The van der Waals surface area contributed by atoms with Crippen LogP contribution in [0.25, 0.3) is 0 Å². The first-order valence-corrected chi connectivity index (χ1v) is 22.4. The van der Waals surface area contributed by atoms with Gasteiger partial charge >= 0.3 is 12.2 Å². The fraction of sp³-hybridized carbons (Fsp3) is 0.696. The van der Waals surface area contributed by atoms with Gasteiger partial charge in [-0.25, -0.2) is 9.59 Å². The van der Waals surface area contributed by atoms with Gasteiger partial charge in [0.1, 0.15) is 12.2 Å². The molecule has 334 valence electrons. The summed E-state index contributed by atoms with van der Waals surface area (Å²) >= 11 is 0. The fourth-order valence-corrected chi connectivity index (χ4v) is 9.43. The van der Waals surface area contributed by atoms with E-state index in [0.717, 1.165) is 125 Å². The van der Waals surface area contributed by atoms with Crippen molar-refractivity contribution in [2.45, 2.75) is 126 Å². The van der Waals surface area contributed by atoms with Crippen LogP contribution in [-0.2, 0) is 31.8 Å². The van der Waals surface area contributed by atoms with Crippen molar-refractivity contribution in [1.29, 1.82) is 0 Å². The van der Waals surface area contributed by atoms with Crippen LogP contribution in [0.1, 0.15) is 88.2 Å². The highest BCUT2D eigenvalue weighted by Crippen LogP contribution is 2.32. The van der Waals surface area contributed by atoms with E-state index in [1.807, 2.05) is 24.3 Å². The zero-order valence-electron chi connectivity index (χ0n) is 36.5. The fourth-order valence-electron chi connectivity index (χ4n) is 9.43. The van der Waals surface area contributed by atoms with E-state index in [1.54, 1.807) is 28.4 Å². The molecule has 60 heavy (non-hydrogen) atoms.